The van der Waals surface area contributed by atoms with Gasteiger partial charge in [-0.3, -0.25) is 0 Å². The van der Waals surface area contributed by atoms with E-state index in [1.807, 2.05) is 0 Å². The van der Waals surface area contributed by atoms with Crippen LogP contribution in [0.25, 0.3) is 0 Å². The number of alkyl halides is 1. The van der Waals surface area contributed by atoms with Crippen LogP contribution in [0.15, 0.2) is 24.3 Å². The largest absolute Gasteiger partial charge is 0.0890 e. The highest BCUT2D eigenvalue weighted by Gasteiger charge is 2.07. The molecule has 0 heterocycles. The van der Waals surface area contributed by atoms with Gasteiger partial charge in [-0.2, -0.15) is 0 Å². The molecule has 0 spiro atoms. The predicted octanol–water partition coefficient (Wildman–Crippen LogP) is 4.74. The maximum atomic E-state index is 3.76. The van der Waals surface area contributed by atoms with Crippen molar-refractivity contribution in [2.24, 2.45) is 5.92 Å². The van der Waals surface area contributed by atoms with Gasteiger partial charge in [0.2, 0.25) is 0 Å². The first kappa shape index (κ1) is 12.8. The van der Waals surface area contributed by atoms with E-state index in [1.165, 1.54) is 30.4 Å². The summed E-state index contributed by atoms with van der Waals surface area (Å²) in [6, 6.07) is 8.68. The predicted molar refractivity (Wildman–Crippen MR) is 71.7 cm³/mol. The van der Waals surface area contributed by atoms with Crippen molar-refractivity contribution in [3.05, 3.63) is 35.4 Å². The van der Waals surface area contributed by atoms with Gasteiger partial charge in [0.25, 0.3) is 0 Å². The van der Waals surface area contributed by atoms with E-state index < -0.39 is 0 Å². The number of benzene rings is 1. The van der Waals surface area contributed by atoms with Crippen LogP contribution in [0.2, 0.25) is 0 Å². The Labute approximate surface area is 102 Å². The van der Waals surface area contributed by atoms with E-state index in [0.29, 0.717) is 4.83 Å². The summed E-state index contributed by atoms with van der Waals surface area (Å²) < 4.78 is 0. The van der Waals surface area contributed by atoms with Gasteiger partial charge in [0, 0.05) is 4.83 Å². The average molecular weight is 269 g/mol. The second-order valence-electron chi connectivity index (χ2n) is 4.69. The van der Waals surface area contributed by atoms with Gasteiger partial charge in [0.15, 0.2) is 0 Å². The Bertz CT molecular complexity index is 291. The second-order valence-corrected chi connectivity index (χ2v) is 5.99. The van der Waals surface area contributed by atoms with Crippen molar-refractivity contribution in [2.45, 2.75) is 44.9 Å². The zero-order valence-electron chi connectivity index (χ0n) is 9.96. The first-order valence-corrected chi connectivity index (χ1v) is 6.69. The number of halogens is 1. The summed E-state index contributed by atoms with van der Waals surface area (Å²) in [4.78, 5) is 0.664. The molecule has 0 fully saturated rings. The molecule has 0 aromatic heterocycles. The van der Waals surface area contributed by atoms with Gasteiger partial charge in [-0.1, -0.05) is 54.0 Å². The van der Waals surface area contributed by atoms with Crippen molar-refractivity contribution in [1.29, 1.82) is 0 Å². The zero-order chi connectivity index (χ0) is 11.3. The Morgan fingerprint density at radius 1 is 1.20 bits per heavy atom. The highest BCUT2D eigenvalue weighted by atomic mass is 79.9. The molecule has 0 amide bonds. The Kier molecular flexibility index (Phi) is 5.38. The van der Waals surface area contributed by atoms with E-state index in [9.17, 15) is 0 Å². The fourth-order valence-corrected chi connectivity index (χ4v) is 2.81. The van der Waals surface area contributed by atoms with Crippen LogP contribution in [0.3, 0.4) is 0 Å². The summed E-state index contributed by atoms with van der Waals surface area (Å²) in [6.07, 6.45) is 3.70. The van der Waals surface area contributed by atoms with Gasteiger partial charge in [0.1, 0.15) is 0 Å². The normalized spacial score (nSPS) is 13.1. The van der Waals surface area contributed by atoms with Gasteiger partial charge < -0.3 is 0 Å². The van der Waals surface area contributed by atoms with Crippen molar-refractivity contribution < 1.29 is 0 Å². The van der Waals surface area contributed by atoms with E-state index in [-0.39, 0.29) is 0 Å². The summed E-state index contributed by atoms with van der Waals surface area (Å²) in [5, 5.41) is 0. The minimum Gasteiger partial charge on any atom is -0.0890 e. The maximum Gasteiger partial charge on any atom is 0.0151 e. The molecule has 0 aliphatic carbocycles. The van der Waals surface area contributed by atoms with Gasteiger partial charge in [-0.15, -0.1) is 0 Å². The monoisotopic (exact) mass is 268 g/mol. The molecule has 1 unspecified atom stereocenters. The van der Waals surface area contributed by atoms with Crippen molar-refractivity contribution in [3.63, 3.8) is 0 Å². The van der Waals surface area contributed by atoms with Crippen LogP contribution in [0, 0.1) is 12.8 Å². The summed E-state index contributed by atoms with van der Waals surface area (Å²) in [5.41, 5.74) is 2.91. The molecule has 0 aliphatic heterocycles. The topological polar surface area (TPSA) is 0 Å². The molecule has 1 aromatic rings. The molecule has 0 nitrogen and oxygen atoms in total. The molecular weight excluding hydrogens is 248 g/mol. The Hall–Kier alpha value is -0.300. The van der Waals surface area contributed by atoms with Gasteiger partial charge in [0.05, 0.1) is 0 Å². The number of rotatable bonds is 5. The van der Waals surface area contributed by atoms with Gasteiger partial charge in [-0.05, 0) is 43.2 Å². The minimum atomic E-state index is 0.664. The van der Waals surface area contributed by atoms with Gasteiger partial charge >= 0.3 is 0 Å². The van der Waals surface area contributed by atoms with Crippen LogP contribution in [0.4, 0.5) is 0 Å². The smallest absolute Gasteiger partial charge is 0.0151 e. The van der Waals surface area contributed by atoms with Crippen LogP contribution < -0.4 is 0 Å². The van der Waals surface area contributed by atoms with E-state index >= 15 is 0 Å². The van der Waals surface area contributed by atoms with Crippen molar-refractivity contribution in [2.75, 3.05) is 0 Å². The fourth-order valence-electron chi connectivity index (χ4n) is 1.83. The summed E-state index contributed by atoms with van der Waals surface area (Å²) >= 11 is 3.76. The lowest BCUT2D eigenvalue weighted by Gasteiger charge is -2.13. The average Bonchev–Trinajstić information content (AvgIpc) is 2.15. The molecule has 0 saturated heterocycles. The third kappa shape index (κ3) is 4.83. The number of aryl methyl sites for hydroxylation is 2. The molecule has 0 N–H and O–H groups in total. The summed E-state index contributed by atoms with van der Waals surface area (Å²) in [5.74, 6) is 0.784. The molecule has 0 radical (unpaired) electrons. The van der Waals surface area contributed by atoms with Crippen LogP contribution in [-0.4, -0.2) is 4.83 Å². The van der Waals surface area contributed by atoms with E-state index in [2.05, 4.69) is 61.0 Å². The maximum absolute atomic E-state index is 3.76. The standard InChI is InChI=1S/C14H21Br/c1-11(2)10-14(15)9-8-13-7-5-4-6-12(13)3/h4-7,11,14H,8-10H2,1-3H3. The first-order chi connectivity index (χ1) is 7.09. The number of hydrogen-bond donors (Lipinski definition) is 0. The lowest BCUT2D eigenvalue weighted by molar-refractivity contribution is 0.554. The van der Waals surface area contributed by atoms with Crippen LogP contribution >= 0.6 is 15.9 Å². The fraction of sp³-hybridized carbons (Fsp3) is 0.571. The van der Waals surface area contributed by atoms with Crippen LogP contribution in [0.1, 0.15) is 37.8 Å². The highest BCUT2D eigenvalue weighted by Crippen LogP contribution is 2.19. The SMILES string of the molecule is Cc1ccccc1CCC(Br)CC(C)C. The molecule has 1 rings (SSSR count). The minimum absolute atomic E-state index is 0.664. The summed E-state index contributed by atoms with van der Waals surface area (Å²) in [7, 11) is 0. The third-order valence-electron chi connectivity index (χ3n) is 2.72. The van der Waals surface area contributed by atoms with Crippen molar-refractivity contribution in [3.8, 4) is 0 Å². The van der Waals surface area contributed by atoms with Crippen LogP contribution in [0.5, 0.6) is 0 Å². The number of hydrogen-bond acceptors (Lipinski definition) is 0. The molecule has 15 heavy (non-hydrogen) atoms. The molecule has 0 bridgehead atoms. The molecule has 1 heteroatoms. The molecule has 84 valence electrons. The molecule has 1 aromatic carbocycles. The van der Waals surface area contributed by atoms with E-state index in [0.717, 1.165) is 5.92 Å². The van der Waals surface area contributed by atoms with Crippen LogP contribution in [-0.2, 0) is 6.42 Å². The quantitative estimate of drug-likeness (QED) is 0.677. The lowest BCUT2D eigenvalue weighted by atomic mass is 10.00. The second kappa shape index (κ2) is 6.32. The van der Waals surface area contributed by atoms with Crippen molar-refractivity contribution in [1.82, 2.24) is 0 Å². The Balaban J connectivity index is 2.40. The molecule has 1 atom stereocenters. The molecule has 0 saturated carbocycles. The van der Waals surface area contributed by atoms with Gasteiger partial charge in [-0.25, -0.2) is 0 Å². The zero-order valence-corrected chi connectivity index (χ0v) is 11.5. The molecular formula is C14H21Br. The highest BCUT2D eigenvalue weighted by molar-refractivity contribution is 9.09. The first-order valence-electron chi connectivity index (χ1n) is 5.78. The Morgan fingerprint density at radius 3 is 2.47 bits per heavy atom. The lowest BCUT2D eigenvalue weighted by Crippen LogP contribution is -2.04. The Morgan fingerprint density at radius 2 is 1.87 bits per heavy atom. The third-order valence-corrected chi connectivity index (χ3v) is 3.55. The van der Waals surface area contributed by atoms with E-state index in [1.54, 1.807) is 0 Å². The molecule has 0 aliphatic rings. The summed E-state index contributed by atoms with van der Waals surface area (Å²) in [6.45, 7) is 6.76. The van der Waals surface area contributed by atoms with E-state index in [4.69, 9.17) is 0 Å². The van der Waals surface area contributed by atoms with Crippen molar-refractivity contribution >= 4 is 15.9 Å².